The van der Waals surface area contributed by atoms with E-state index in [1.54, 1.807) is 35.5 Å². The van der Waals surface area contributed by atoms with E-state index in [1.807, 2.05) is 12.1 Å². The number of fused-ring (bicyclic) bond motifs is 1. The van der Waals surface area contributed by atoms with Gasteiger partial charge in [-0.1, -0.05) is 23.7 Å². The smallest absolute Gasteiger partial charge is 0.335 e. The zero-order valence-electron chi connectivity index (χ0n) is 14.7. The van der Waals surface area contributed by atoms with E-state index in [4.69, 9.17) is 16.7 Å². The first-order chi connectivity index (χ1) is 13.5. The zero-order chi connectivity index (χ0) is 19.7. The van der Waals surface area contributed by atoms with Crippen molar-refractivity contribution in [3.63, 3.8) is 0 Å². The Morgan fingerprint density at radius 2 is 1.86 bits per heavy atom. The maximum absolute atomic E-state index is 13.0. The van der Waals surface area contributed by atoms with Gasteiger partial charge in [-0.05, 0) is 42.0 Å². The van der Waals surface area contributed by atoms with Gasteiger partial charge < -0.3 is 20.3 Å². The first kappa shape index (κ1) is 18.1. The highest BCUT2D eigenvalue weighted by molar-refractivity contribution is 6.30. The van der Waals surface area contributed by atoms with Crippen molar-refractivity contribution in [2.75, 3.05) is 11.9 Å². The molecule has 0 saturated carbocycles. The molecule has 1 aliphatic heterocycles. The number of imidazole rings is 1. The summed E-state index contributed by atoms with van der Waals surface area (Å²) in [6.07, 6.45) is 2.31. The van der Waals surface area contributed by atoms with Crippen molar-refractivity contribution in [1.29, 1.82) is 0 Å². The molecule has 0 aliphatic carbocycles. The van der Waals surface area contributed by atoms with Crippen molar-refractivity contribution < 1.29 is 14.7 Å². The third-order valence-corrected chi connectivity index (χ3v) is 5.01. The average Bonchev–Trinajstić information content (AvgIpc) is 3.17. The number of aromatic amines is 1. The summed E-state index contributed by atoms with van der Waals surface area (Å²) in [4.78, 5) is 33.3. The molecule has 142 valence electrons. The number of carboxylic acids is 1. The number of benzene rings is 2. The van der Waals surface area contributed by atoms with E-state index >= 15 is 0 Å². The summed E-state index contributed by atoms with van der Waals surface area (Å²) < 4.78 is 0. The predicted octanol–water partition coefficient (Wildman–Crippen LogP) is 3.94. The summed E-state index contributed by atoms with van der Waals surface area (Å²) in [6.45, 7) is 0.515. The van der Waals surface area contributed by atoms with Crippen molar-refractivity contribution in [2.45, 2.75) is 12.5 Å². The Bertz CT molecular complexity index is 1010. The van der Waals surface area contributed by atoms with Crippen LogP contribution < -0.4 is 5.32 Å². The molecular formula is C20H17ClN4O3. The van der Waals surface area contributed by atoms with Gasteiger partial charge in [0.2, 0.25) is 0 Å². The summed E-state index contributed by atoms with van der Waals surface area (Å²) in [7, 11) is 0. The lowest BCUT2D eigenvalue weighted by Gasteiger charge is -2.35. The van der Waals surface area contributed by atoms with E-state index in [0.29, 0.717) is 23.7 Å². The van der Waals surface area contributed by atoms with Gasteiger partial charge in [0.15, 0.2) is 0 Å². The topological polar surface area (TPSA) is 98.3 Å². The maximum atomic E-state index is 13.0. The van der Waals surface area contributed by atoms with Crippen molar-refractivity contribution in [3.05, 3.63) is 82.4 Å². The molecule has 0 radical (unpaired) electrons. The Kier molecular flexibility index (Phi) is 4.75. The number of rotatable bonds is 3. The molecule has 2 amide bonds. The molecule has 2 heterocycles. The number of H-pyrrole nitrogens is 1. The lowest BCUT2D eigenvalue weighted by Crippen LogP contribution is -2.43. The molecule has 3 N–H and O–H groups in total. The third-order valence-electron chi connectivity index (χ3n) is 4.75. The molecule has 8 heteroatoms. The number of nitrogens with one attached hydrogen (secondary N) is 2. The fourth-order valence-corrected chi connectivity index (χ4v) is 3.50. The van der Waals surface area contributed by atoms with Crippen LogP contribution in [0.4, 0.5) is 10.5 Å². The molecule has 1 aromatic heterocycles. The van der Waals surface area contributed by atoms with Gasteiger partial charge in [0.25, 0.3) is 0 Å². The number of carbonyl (C=O) groups is 2. The number of halogens is 1. The molecular weight excluding hydrogens is 380 g/mol. The van der Waals surface area contributed by atoms with Crippen molar-refractivity contribution >= 4 is 29.3 Å². The molecule has 0 bridgehead atoms. The van der Waals surface area contributed by atoms with Crippen LogP contribution in [0, 0.1) is 0 Å². The first-order valence-electron chi connectivity index (χ1n) is 8.71. The van der Waals surface area contributed by atoms with Crippen LogP contribution in [-0.4, -0.2) is 38.5 Å². The molecule has 1 aliphatic rings. The van der Waals surface area contributed by atoms with Crippen molar-refractivity contribution in [3.8, 4) is 0 Å². The summed E-state index contributed by atoms with van der Waals surface area (Å²) in [6, 6.07) is 12.8. The number of hydrogen-bond donors (Lipinski definition) is 3. The standard InChI is InChI=1S/C20H17ClN4O3/c21-14-5-1-12(2-6-14)18-17-16(22-11-23-17)9-10-25(18)20(28)24-15-7-3-13(4-8-15)19(26)27/h1-8,11,18H,9-10H2,(H,22,23)(H,24,28)(H,26,27)/t18-/m1/s1. The van der Waals surface area contributed by atoms with Crippen LogP contribution in [-0.2, 0) is 6.42 Å². The SMILES string of the molecule is O=C(O)c1ccc(NC(=O)N2CCc3[nH]cnc3[C@H]2c2ccc(Cl)cc2)cc1. The highest BCUT2D eigenvalue weighted by Gasteiger charge is 2.34. The van der Waals surface area contributed by atoms with Gasteiger partial charge in [-0.2, -0.15) is 0 Å². The molecule has 1 atom stereocenters. The molecule has 4 rings (SSSR count). The molecule has 0 unspecified atom stereocenters. The van der Waals surface area contributed by atoms with Crippen LogP contribution in [0.3, 0.4) is 0 Å². The number of hydrogen-bond acceptors (Lipinski definition) is 3. The van der Waals surface area contributed by atoms with E-state index in [1.165, 1.54) is 12.1 Å². The monoisotopic (exact) mass is 396 g/mol. The lowest BCUT2D eigenvalue weighted by atomic mass is 9.96. The van der Waals surface area contributed by atoms with Gasteiger partial charge in [-0.25, -0.2) is 14.6 Å². The predicted molar refractivity (Wildman–Crippen MR) is 105 cm³/mol. The van der Waals surface area contributed by atoms with Gasteiger partial charge in [-0.3, -0.25) is 0 Å². The second-order valence-electron chi connectivity index (χ2n) is 6.48. The highest BCUT2D eigenvalue weighted by Crippen LogP contribution is 2.34. The van der Waals surface area contributed by atoms with Gasteiger partial charge in [0.05, 0.1) is 17.6 Å². The number of aromatic carboxylic acids is 1. The third kappa shape index (κ3) is 3.44. The molecule has 0 saturated heterocycles. The van der Waals surface area contributed by atoms with Crippen LogP contribution in [0.1, 0.15) is 33.4 Å². The number of amides is 2. The fourth-order valence-electron chi connectivity index (χ4n) is 3.37. The van der Waals surface area contributed by atoms with E-state index in [-0.39, 0.29) is 17.6 Å². The Labute approximate surface area is 166 Å². The summed E-state index contributed by atoms with van der Waals surface area (Å²) in [5.41, 5.74) is 3.42. The van der Waals surface area contributed by atoms with Crippen LogP contribution in [0.5, 0.6) is 0 Å². The van der Waals surface area contributed by atoms with E-state index in [0.717, 1.165) is 17.0 Å². The number of aromatic nitrogens is 2. The van der Waals surface area contributed by atoms with Crippen molar-refractivity contribution in [2.24, 2.45) is 0 Å². The lowest BCUT2D eigenvalue weighted by molar-refractivity contribution is 0.0697. The number of nitrogens with zero attached hydrogens (tertiary/aromatic N) is 2. The second kappa shape index (κ2) is 7.36. The minimum atomic E-state index is -1.01. The van der Waals surface area contributed by atoms with Gasteiger partial charge in [0, 0.05) is 29.4 Å². The molecule has 7 nitrogen and oxygen atoms in total. The quantitative estimate of drug-likeness (QED) is 0.624. The van der Waals surface area contributed by atoms with Gasteiger partial charge in [-0.15, -0.1) is 0 Å². The molecule has 28 heavy (non-hydrogen) atoms. The molecule has 2 aromatic carbocycles. The second-order valence-corrected chi connectivity index (χ2v) is 6.91. The van der Waals surface area contributed by atoms with Gasteiger partial charge >= 0.3 is 12.0 Å². The van der Waals surface area contributed by atoms with E-state index < -0.39 is 5.97 Å². The Hall–Kier alpha value is -3.32. The summed E-state index contributed by atoms with van der Waals surface area (Å²) >= 11 is 6.01. The van der Waals surface area contributed by atoms with Crippen LogP contribution in [0.2, 0.25) is 5.02 Å². The van der Waals surface area contributed by atoms with Crippen LogP contribution >= 0.6 is 11.6 Å². The number of carboxylic acid groups (broad SMARTS) is 1. The minimum Gasteiger partial charge on any atom is -0.478 e. The van der Waals surface area contributed by atoms with Gasteiger partial charge in [0.1, 0.15) is 6.04 Å². The Morgan fingerprint density at radius 3 is 2.54 bits per heavy atom. The minimum absolute atomic E-state index is 0.163. The summed E-state index contributed by atoms with van der Waals surface area (Å²) in [5.74, 6) is -1.01. The van der Waals surface area contributed by atoms with E-state index in [2.05, 4.69) is 15.3 Å². The molecule has 0 spiro atoms. The summed E-state index contributed by atoms with van der Waals surface area (Å²) in [5, 5.41) is 12.5. The largest absolute Gasteiger partial charge is 0.478 e. The normalized spacial score (nSPS) is 15.8. The maximum Gasteiger partial charge on any atom is 0.335 e. The Morgan fingerprint density at radius 1 is 1.14 bits per heavy atom. The van der Waals surface area contributed by atoms with Crippen LogP contribution in [0.25, 0.3) is 0 Å². The highest BCUT2D eigenvalue weighted by atomic mass is 35.5. The number of carbonyl (C=O) groups excluding carboxylic acids is 1. The number of urea groups is 1. The average molecular weight is 397 g/mol. The molecule has 3 aromatic rings. The Balaban J connectivity index is 1.62. The fraction of sp³-hybridized carbons (Fsp3) is 0.150. The zero-order valence-corrected chi connectivity index (χ0v) is 15.5. The first-order valence-corrected chi connectivity index (χ1v) is 9.09. The van der Waals surface area contributed by atoms with Crippen LogP contribution in [0.15, 0.2) is 54.9 Å². The van der Waals surface area contributed by atoms with E-state index in [9.17, 15) is 9.59 Å². The number of anilines is 1. The molecule has 0 fully saturated rings. The van der Waals surface area contributed by atoms with Crippen molar-refractivity contribution in [1.82, 2.24) is 14.9 Å².